The van der Waals surface area contributed by atoms with Crippen LogP contribution >= 0.6 is 0 Å². The molecule has 0 saturated carbocycles. The molecule has 2 aromatic carbocycles. The zero-order valence-corrected chi connectivity index (χ0v) is 19.1. The van der Waals surface area contributed by atoms with Gasteiger partial charge in [-0.25, -0.2) is 13.6 Å². The molecule has 35 heavy (non-hydrogen) atoms. The molecule has 3 N–H and O–H groups in total. The minimum absolute atomic E-state index is 0.0113. The molecule has 7 nitrogen and oxygen atoms in total. The normalized spacial score (nSPS) is 13.4. The van der Waals surface area contributed by atoms with E-state index in [1.54, 1.807) is 24.3 Å². The fourth-order valence-electron chi connectivity index (χ4n) is 4.27. The van der Waals surface area contributed by atoms with Crippen molar-refractivity contribution in [2.75, 3.05) is 17.2 Å². The van der Waals surface area contributed by atoms with Gasteiger partial charge >= 0.3 is 5.69 Å². The maximum absolute atomic E-state index is 14.5. The summed E-state index contributed by atoms with van der Waals surface area (Å²) >= 11 is 0. The molecule has 0 aliphatic heterocycles. The van der Waals surface area contributed by atoms with Crippen LogP contribution in [-0.2, 0) is 6.54 Å². The molecule has 0 unspecified atom stereocenters. The Morgan fingerprint density at radius 3 is 2.57 bits per heavy atom. The number of carbonyl (C=O) groups excluding carboxylic acids is 1. The number of carbonyl (C=O) groups is 1. The summed E-state index contributed by atoms with van der Waals surface area (Å²) in [6.07, 6.45) is 6.40. The lowest BCUT2D eigenvalue weighted by Gasteiger charge is -2.26. The van der Waals surface area contributed by atoms with Gasteiger partial charge in [0.2, 0.25) is 0 Å². The number of nitrogen functional groups attached to an aromatic ring is 1. The van der Waals surface area contributed by atoms with Gasteiger partial charge in [0.15, 0.2) is 5.69 Å². The van der Waals surface area contributed by atoms with E-state index in [0.29, 0.717) is 6.42 Å². The van der Waals surface area contributed by atoms with Crippen LogP contribution in [0.3, 0.4) is 0 Å². The van der Waals surface area contributed by atoms with E-state index in [1.165, 1.54) is 0 Å². The second-order valence-electron chi connectivity index (χ2n) is 8.50. The van der Waals surface area contributed by atoms with Crippen molar-refractivity contribution in [3.8, 4) is 0 Å². The highest BCUT2D eigenvalue weighted by Crippen LogP contribution is 2.25. The predicted molar refractivity (Wildman–Crippen MR) is 130 cm³/mol. The highest BCUT2D eigenvalue weighted by atomic mass is 19.1. The largest absolute Gasteiger partial charge is 0.383 e. The summed E-state index contributed by atoms with van der Waals surface area (Å²) in [5, 5.41) is 0. The Bertz CT molecular complexity index is 1380. The minimum atomic E-state index is -0.925. The van der Waals surface area contributed by atoms with Crippen molar-refractivity contribution in [2.24, 2.45) is 0 Å². The number of nitrogens with two attached hydrogens (primary N) is 1. The first-order valence-corrected chi connectivity index (χ1v) is 11.5. The first-order chi connectivity index (χ1) is 16.8. The number of benzene rings is 2. The number of anilines is 2. The third-order valence-electron chi connectivity index (χ3n) is 6.11. The molecule has 182 valence electrons. The summed E-state index contributed by atoms with van der Waals surface area (Å²) in [5.41, 5.74) is 5.75. The molecule has 9 heteroatoms. The summed E-state index contributed by atoms with van der Waals surface area (Å²) in [6.45, 7) is 0.0637. The second-order valence-corrected chi connectivity index (χ2v) is 8.50. The Morgan fingerprint density at radius 2 is 1.86 bits per heavy atom. The quantitative estimate of drug-likeness (QED) is 0.500. The van der Waals surface area contributed by atoms with Gasteiger partial charge in [0.05, 0.1) is 12.1 Å². The zero-order chi connectivity index (χ0) is 24.9. The molecule has 1 amide bonds. The molecule has 0 spiro atoms. The fourth-order valence-corrected chi connectivity index (χ4v) is 4.27. The number of nitrogens with zero attached hydrogens (tertiary/aromatic N) is 2. The maximum atomic E-state index is 14.5. The van der Waals surface area contributed by atoms with Crippen LogP contribution in [-0.4, -0.2) is 22.0 Å². The fraction of sp³-hybridized carbons (Fsp3) is 0.269. The molecule has 0 bridgehead atoms. The Balaban J connectivity index is 1.80. The zero-order valence-electron chi connectivity index (χ0n) is 19.1. The summed E-state index contributed by atoms with van der Waals surface area (Å²) in [5.74, 6) is -2.86. The van der Waals surface area contributed by atoms with Crippen LogP contribution < -0.4 is 21.9 Å². The molecule has 4 rings (SSSR count). The van der Waals surface area contributed by atoms with Crippen molar-refractivity contribution in [2.45, 2.75) is 38.6 Å². The third-order valence-corrected chi connectivity index (χ3v) is 6.11. The number of hydrogen-bond acceptors (Lipinski definition) is 4. The second kappa shape index (κ2) is 10.5. The van der Waals surface area contributed by atoms with E-state index in [1.807, 2.05) is 6.07 Å². The van der Waals surface area contributed by atoms with Crippen molar-refractivity contribution in [1.29, 1.82) is 0 Å². The Labute approximate surface area is 200 Å². The molecule has 0 fully saturated rings. The highest BCUT2D eigenvalue weighted by molar-refractivity contribution is 6.07. The summed E-state index contributed by atoms with van der Waals surface area (Å²) in [4.78, 5) is 42.2. The van der Waals surface area contributed by atoms with E-state index < -0.39 is 34.4 Å². The number of halogens is 2. The Hall–Kier alpha value is -4.01. The van der Waals surface area contributed by atoms with Gasteiger partial charge in [0, 0.05) is 6.54 Å². The van der Waals surface area contributed by atoms with Gasteiger partial charge in [-0.15, -0.1) is 0 Å². The van der Waals surface area contributed by atoms with Gasteiger partial charge in [0.25, 0.3) is 11.5 Å². The van der Waals surface area contributed by atoms with E-state index >= 15 is 0 Å². The highest BCUT2D eigenvalue weighted by Gasteiger charge is 2.27. The van der Waals surface area contributed by atoms with Gasteiger partial charge in [-0.2, -0.15) is 0 Å². The number of hydrogen-bond donors (Lipinski definition) is 2. The van der Waals surface area contributed by atoms with Crippen molar-refractivity contribution in [3.05, 3.63) is 104 Å². The topological polar surface area (TPSA) is 101 Å². The first-order valence-electron chi connectivity index (χ1n) is 11.5. The number of amides is 1. The van der Waals surface area contributed by atoms with Crippen LogP contribution in [0.25, 0.3) is 0 Å². The molecule has 0 radical (unpaired) electrons. The molecule has 1 aliphatic carbocycles. The molecule has 0 saturated heterocycles. The van der Waals surface area contributed by atoms with Gasteiger partial charge in [0.1, 0.15) is 17.5 Å². The minimum Gasteiger partial charge on any atom is -0.383 e. The number of nitrogens with one attached hydrogen (secondary N) is 1. The van der Waals surface area contributed by atoms with Gasteiger partial charge in [-0.1, -0.05) is 42.0 Å². The molecule has 0 atom stereocenters. The standard InChI is InChI=1S/C26H26F2N4O3/c27-19-11-12-21(28)20(15-19)25(34)31(14-13-17-7-3-1-4-8-17)22-23(29)32(26(35)30-24(22)33)16-18-9-5-2-6-10-18/h2,5-7,9-12,15H,1,3-4,8,13-14,16,29H2,(H,30,33,35). The summed E-state index contributed by atoms with van der Waals surface area (Å²) < 4.78 is 29.6. The third kappa shape index (κ3) is 5.40. The van der Waals surface area contributed by atoms with E-state index in [-0.39, 0.29) is 24.6 Å². The molecular formula is C26H26F2N4O3. The summed E-state index contributed by atoms with van der Waals surface area (Å²) in [7, 11) is 0. The smallest absolute Gasteiger partial charge is 0.330 e. The molecule has 1 aliphatic rings. The van der Waals surface area contributed by atoms with Crippen LogP contribution in [0.15, 0.2) is 69.8 Å². The van der Waals surface area contributed by atoms with Crippen LogP contribution in [0.5, 0.6) is 0 Å². The molecule has 3 aromatic rings. The lowest BCUT2D eigenvalue weighted by molar-refractivity contribution is 0.0982. The van der Waals surface area contributed by atoms with Crippen LogP contribution in [0.2, 0.25) is 0 Å². The number of H-pyrrole nitrogens is 1. The average Bonchev–Trinajstić information content (AvgIpc) is 2.86. The predicted octanol–water partition coefficient (Wildman–Crippen LogP) is 3.98. The van der Waals surface area contributed by atoms with Gasteiger partial charge < -0.3 is 10.6 Å². The first kappa shape index (κ1) is 24.1. The number of rotatable bonds is 7. The van der Waals surface area contributed by atoms with E-state index in [2.05, 4.69) is 11.1 Å². The van der Waals surface area contributed by atoms with Gasteiger partial charge in [-0.05, 0) is 55.9 Å². The van der Waals surface area contributed by atoms with Crippen molar-refractivity contribution in [3.63, 3.8) is 0 Å². The molecule has 1 heterocycles. The van der Waals surface area contributed by atoms with E-state index in [9.17, 15) is 23.2 Å². The van der Waals surface area contributed by atoms with E-state index in [0.717, 1.165) is 64.5 Å². The number of allylic oxidation sites excluding steroid dienone is 1. The maximum Gasteiger partial charge on any atom is 0.330 e. The van der Waals surface area contributed by atoms with Crippen LogP contribution in [0.4, 0.5) is 20.3 Å². The van der Waals surface area contributed by atoms with Crippen LogP contribution in [0, 0.1) is 11.6 Å². The monoisotopic (exact) mass is 480 g/mol. The number of aromatic nitrogens is 2. The van der Waals surface area contributed by atoms with Crippen molar-refractivity contribution >= 4 is 17.4 Å². The summed E-state index contributed by atoms with van der Waals surface area (Å²) in [6, 6.07) is 11.5. The van der Waals surface area contributed by atoms with E-state index in [4.69, 9.17) is 5.73 Å². The average molecular weight is 481 g/mol. The molecular weight excluding hydrogens is 454 g/mol. The van der Waals surface area contributed by atoms with Crippen molar-refractivity contribution in [1.82, 2.24) is 9.55 Å². The van der Waals surface area contributed by atoms with Crippen molar-refractivity contribution < 1.29 is 13.6 Å². The number of aromatic amines is 1. The van der Waals surface area contributed by atoms with Gasteiger partial charge in [-0.3, -0.25) is 19.1 Å². The Kier molecular flexibility index (Phi) is 7.24. The SMILES string of the molecule is Nc1c(N(CCC2=CCCCC2)C(=O)c2cc(F)ccc2F)c(=O)[nH]c(=O)n1Cc1ccccc1. The molecule has 1 aromatic heterocycles. The van der Waals surface area contributed by atoms with Crippen LogP contribution in [0.1, 0.15) is 48.0 Å². The Morgan fingerprint density at radius 1 is 1.09 bits per heavy atom. The lowest BCUT2D eigenvalue weighted by Crippen LogP contribution is -2.42. The lowest BCUT2D eigenvalue weighted by atomic mass is 9.97.